The first-order chi connectivity index (χ1) is 6.11. The van der Waals surface area contributed by atoms with Crippen molar-refractivity contribution in [2.24, 2.45) is 0 Å². The quantitative estimate of drug-likeness (QED) is 0.620. The highest BCUT2D eigenvalue weighted by molar-refractivity contribution is 5.92. The third-order valence-electron chi connectivity index (χ3n) is 1.71. The van der Waals surface area contributed by atoms with Crippen molar-refractivity contribution < 1.29 is 4.79 Å². The van der Waals surface area contributed by atoms with E-state index in [1.165, 1.54) is 6.92 Å². The van der Waals surface area contributed by atoms with Gasteiger partial charge in [-0.2, -0.15) is 0 Å². The van der Waals surface area contributed by atoms with Gasteiger partial charge in [-0.3, -0.25) is 4.79 Å². The van der Waals surface area contributed by atoms with Crippen LogP contribution in [0.5, 0.6) is 0 Å². The molecule has 0 aliphatic carbocycles. The molecule has 0 saturated heterocycles. The molecule has 0 bridgehead atoms. The van der Waals surface area contributed by atoms with Gasteiger partial charge in [-0.1, -0.05) is 19.9 Å². The molecule has 0 N–H and O–H groups in total. The molecular formula is C11H17NO. The van der Waals surface area contributed by atoms with Gasteiger partial charge < -0.3 is 0 Å². The van der Waals surface area contributed by atoms with E-state index in [0.29, 0.717) is 5.69 Å². The summed E-state index contributed by atoms with van der Waals surface area (Å²) in [7, 11) is 0. The van der Waals surface area contributed by atoms with Crippen LogP contribution in [0.1, 0.15) is 42.5 Å². The Kier molecular flexibility index (Phi) is 4.97. The fourth-order valence-corrected chi connectivity index (χ4v) is 0.827. The molecule has 0 radical (unpaired) electrons. The van der Waals surface area contributed by atoms with Crippen LogP contribution in [0.2, 0.25) is 0 Å². The zero-order valence-corrected chi connectivity index (χ0v) is 9.01. The van der Waals surface area contributed by atoms with Crippen LogP contribution in [0.15, 0.2) is 12.1 Å². The SMILES string of the molecule is CC.CC(=O)c1ccc(C)c(C)n1. The second-order valence-electron chi connectivity index (χ2n) is 2.65. The van der Waals surface area contributed by atoms with Crippen LogP contribution in [-0.4, -0.2) is 10.8 Å². The lowest BCUT2D eigenvalue weighted by atomic mass is 10.2. The zero-order valence-electron chi connectivity index (χ0n) is 9.01. The van der Waals surface area contributed by atoms with Crippen molar-refractivity contribution in [2.75, 3.05) is 0 Å². The Balaban J connectivity index is 0.000000671. The van der Waals surface area contributed by atoms with Gasteiger partial charge in [-0.15, -0.1) is 0 Å². The number of nitrogens with zero attached hydrogens (tertiary/aromatic N) is 1. The average molecular weight is 179 g/mol. The molecule has 2 heteroatoms. The van der Waals surface area contributed by atoms with E-state index < -0.39 is 0 Å². The van der Waals surface area contributed by atoms with Crippen LogP contribution in [0.25, 0.3) is 0 Å². The molecule has 72 valence electrons. The summed E-state index contributed by atoms with van der Waals surface area (Å²) >= 11 is 0. The van der Waals surface area contributed by atoms with Gasteiger partial charge in [0.15, 0.2) is 5.78 Å². The lowest BCUT2D eigenvalue weighted by molar-refractivity contribution is 0.101. The van der Waals surface area contributed by atoms with Crippen LogP contribution < -0.4 is 0 Å². The summed E-state index contributed by atoms with van der Waals surface area (Å²) in [6.45, 7) is 9.41. The Morgan fingerprint density at radius 2 is 1.77 bits per heavy atom. The third-order valence-corrected chi connectivity index (χ3v) is 1.71. The minimum atomic E-state index is 0.0214. The summed E-state index contributed by atoms with van der Waals surface area (Å²) in [6, 6.07) is 3.67. The summed E-state index contributed by atoms with van der Waals surface area (Å²) in [4.78, 5) is 15.0. The largest absolute Gasteiger partial charge is 0.293 e. The van der Waals surface area contributed by atoms with Gasteiger partial charge in [0.25, 0.3) is 0 Å². The maximum absolute atomic E-state index is 10.8. The van der Waals surface area contributed by atoms with Crippen molar-refractivity contribution >= 4 is 5.78 Å². The molecule has 2 nitrogen and oxygen atoms in total. The van der Waals surface area contributed by atoms with E-state index in [1.807, 2.05) is 33.8 Å². The van der Waals surface area contributed by atoms with Gasteiger partial charge in [0, 0.05) is 12.6 Å². The predicted molar refractivity (Wildman–Crippen MR) is 55.1 cm³/mol. The monoisotopic (exact) mass is 179 g/mol. The van der Waals surface area contributed by atoms with Crippen molar-refractivity contribution in [3.8, 4) is 0 Å². The normalized spacial score (nSPS) is 8.69. The van der Waals surface area contributed by atoms with Crippen molar-refractivity contribution in [2.45, 2.75) is 34.6 Å². The van der Waals surface area contributed by atoms with Crippen LogP contribution in [-0.2, 0) is 0 Å². The maximum Gasteiger partial charge on any atom is 0.178 e. The van der Waals surface area contributed by atoms with Crippen LogP contribution >= 0.6 is 0 Å². The lowest BCUT2D eigenvalue weighted by Crippen LogP contribution is -1.98. The number of rotatable bonds is 1. The Hall–Kier alpha value is -1.18. The van der Waals surface area contributed by atoms with Gasteiger partial charge in [0.1, 0.15) is 5.69 Å². The highest BCUT2D eigenvalue weighted by Gasteiger charge is 2.01. The molecule has 0 saturated carbocycles. The molecule has 0 aromatic carbocycles. The Bertz CT molecular complexity index is 292. The molecule has 1 aromatic heterocycles. The fourth-order valence-electron chi connectivity index (χ4n) is 0.827. The van der Waals surface area contributed by atoms with Crippen molar-refractivity contribution in [1.29, 1.82) is 0 Å². The molecule has 1 aromatic rings. The standard InChI is InChI=1S/C9H11NO.C2H6/c1-6-4-5-9(8(3)11)10-7(6)2;1-2/h4-5H,1-3H3;1-2H3. The number of aromatic nitrogens is 1. The zero-order chi connectivity index (χ0) is 10.4. The minimum Gasteiger partial charge on any atom is -0.293 e. The Labute approximate surface area is 80.0 Å². The predicted octanol–water partition coefficient (Wildman–Crippen LogP) is 2.93. The van der Waals surface area contributed by atoms with Gasteiger partial charge in [0.2, 0.25) is 0 Å². The van der Waals surface area contributed by atoms with E-state index in [0.717, 1.165) is 11.3 Å². The number of carbonyl (C=O) groups excluding carboxylic acids is 1. The van der Waals surface area contributed by atoms with E-state index in [4.69, 9.17) is 0 Å². The van der Waals surface area contributed by atoms with Crippen LogP contribution in [0.4, 0.5) is 0 Å². The molecule has 0 amide bonds. The molecule has 0 unspecified atom stereocenters. The van der Waals surface area contributed by atoms with Crippen LogP contribution in [0, 0.1) is 13.8 Å². The van der Waals surface area contributed by atoms with Crippen molar-refractivity contribution in [3.05, 3.63) is 29.1 Å². The molecule has 1 rings (SSSR count). The summed E-state index contributed by atoms with van der Waals surface area (Å²) in [5.41, 5.74) is 2.60. The Morgan fingerprint density at radius 1 is 1.23 bits per heavy atom. The first-order valence-electron chi connectivity index (χ1n) is 4.56. The summed E-state index contributed by atoms with van der Waals surface area (Å²) < 4.78 is 0. The van der Waals surface area contributed by atoms with E-state index >= 15 is 0 Å². The summed E-state index contributed by atoms with van der Waals surface area (Å²) in [6.07, 6.45) is 0. The maximum atomic E-state index is 10.8. The van der Waals surface area contributed by atoms with Gasteiger partial charge in [0.05, 0.1) is 0 Å². The van der Waals surface area contributed by atoms with Crippen LogP contribution in [0.3, 0.4) is 0 Å². The van der Waals surface area contributed by atoms with E-state index in [1.54, 1.807) is 6.07 Å². The second kappa shape index (κ2) is 5.46. The van der Waals surface area contributed by atoms with Crippen molar-refractivity contribution in [1.82, 2.24) is 4.98 Å². The summed E-state index contributed by atoms with van der Waals surface area (Å²) in [5, 5.41) is 0. The molecule has 0 atom stereocenters. The first kappa shape index (κ1) is 11.8. The molecule has 0 aliphatic rings. The van der Waals surface area contributed by atoms with Gasteiger partial charge >= 0.3 is 0 Å². The third kappa shape index (κ3) is 3.36. The number of aryl methyl sites for hydroxylation is 2. The number of hydrogen-bond donors (Lipinski definition) is 0. The Morgan fingerprint density at radius 3 is 2.15 bits per heavy atom. The molecule has 13 heavy (non-hydrogen) atoms. The average Bonchev–Trinajstić information content (AvgIpc) is 2.13. The lowest BCUT2D eigenvalue weighted by Gasteiger charge is -1.99. The highest BCUT2D eigenvalue weighted by Crippen LogP contribution is 2.04. The molecular weight excluding hydrogens is 162 g/mol. The van der Waals surface area contributed by atoms with Gasteiger partial charge in [-0.25, -0.2) is 4.98 Å². The highest BCUT2D eigenvalue weighted by atomic mass is 16.1. The summed E-state index contributed by atoms with van der Waals surface area (Å²) in [5.74, 6) is 0.0214. The number of carbonyl (C=O) groups is 1. The molecule has 0 fully saturated rings. The number of Topliss-reactive ketones (excluding diaryl/α,β-unsaturated/α-hetero) is 1. The molecule has 0 aliphatic heterocycles. The first-order valence-corrected chi connectivity index (χ1v) is 4.56. The number of hydrogen-bond acceptors (Lipinski definition) is 2. The van der Waals surface area contributed by atoms with E-state index in [-0.39, 0.29) is 5.78 Å². The van der Waals surface area contributed by atoms with E-state index in [2.05, 4.69) is 4.98 Å². The fraction of sp³-hybridized carbons (Fsp3) is 0.455. The van der Waals surface area contributed by atoms with Gasteiger partial charge in [-0.05, 0) is 25.5 Å². The van der Waals surface area contributed by atoms with Crippen molar-refractivity contribution in [3.63, 3.8) is 0 Å². The molecule has 1 heterocycles. The minimum absolute atomic E-state index is 0.0214. The second-order valence-corrected chi connectivity index (χ2v) is 2.65. The smallest absolute Gasteiger partial charge is 0.178 e. The van der Waals surface area contributed by atoms with E-state index in [9.17, 15) is 4.79 Å². The molecule has 0 spiro atoms. The number of pyridine rings is 1. The number of ketones is 1. The topological polar surface area (TPSA) is 30.0 Å².